The molecular formula is C11H13NOS. The van der Waals surface area contributed by atoms with Crippen molar-refractivity contribution in [2.75, 3.05) is 5.75 Å². The molecule has 0 aliphatic carbocycles. The predicted molar refractivity (Wildman–Crippen MR) is 59.8 cm³/mol. The first kappa shape index (κ1) is 11.0. The first-order valence-corrected chi connectivity index (χ1v) is 5.51. The van der Waals surface area contributed by atoms with Crippen molar-refractivity contribution in [1.82, 2.24) is 0 Å². The SMILES string of the molecule is CC(C)CSc1ccc(N=C=O)cc1. The van der Waals surface area contributed by atoms with Gasteiger partial charge >= 0.3 is 0 Å². The molecule has 0 aliphatic rings. The molecule has 1 aromatic rings. The van der Waals surface area contributed by atoms with Gasteiger partial charge in [0.1, 0.15) is 0 Å². The van der Waals surface area contributed by atoms with Gasteiger partial charge in [0.2, 0.25) is 6.08 Å². The lowest BCUT2D eigenvalue weighted by Gasteiger charge is -2.03. The number of hydrogen-bond acceptors (Lipinski definition) is 3. The molecule has 3 heteroatoms. The monoisotopic (exact) mass is 207 g/mol. The molecule has 0 fully saturated rings. The van der Waals surface area contributed by atoms with E-state index in [0.717, 1.165) is 5.75 Å². The minimum absolute atomic E-state index is 0.661. The highest BCUT2D eigenvalue weighted by molar-refractivity contribution is 7.99. The zero-order valence-corrected chi connectivity index (χ0v) is 9.17. The number of benzene rings is 1. The largest absolute Gasteiger partial charge is 0.240 e. The summed E-state index contributed by atoms with van der Waals surface area (Å²) in [5, 5.41) is 0. The third-order valence-electron chi connectivity index (χ3n) is 1.59. The van der Waals surface area contributed by atoms with Gasteiger partial charge in [0, 0.05) is 10.6 Å². The highest BCUT2D eigenvalue weighted by Crippen LogP contribution is 2.23. The summed E-state index contributed by atoms with van der Waals surface area (Å²) < 4.78 is 0. The highest BCUT2D eigenvalue weighted by Gasteiger charge is 1.97. The number of thioether (sulfide) groups is 1. The number of hydrogen-bond donors (Lipinski definition) is 0. The van der Waals surface area contributed by atoms with Crippen LogP contribution in [0.3, 0.4) is 0 Å². The van der Waals surface area contributed by atoms with Crippen molar-refractivity contribution in [3.8, 4) is 0 Å². The van der Waals surface area contributed by atoms with E-state index < -0.39 is 0 Å². The Labute approximate surface area is 88.4 Å². The molecule has 0 heterocycles. The van der Waals surface area contributed by atoms with E-state index in [-0.39, 0.29) is 0 Å². The van der Waals surface area contributed by atoms with Crippen molar-refractivity contribution in [1.29, 1.82) is 0 Å². The van der Waals surface area contributed by atoms with Crippen molar-refractivity contribution in [3.63, 3.8) is 0 Å². The average Bonchev–Trinajstić information content (AvgIpc) is 2.17. The van der Waals surface area contributed by atoms with Gasteiger partial charge in [-0.2, -0.15) is 4.99 Å². The predicted octanol–water partition coefficient (Wildman–Crippen LogP) is 3.40. The van der Waals surface area contributed by atoms with Crippen molar-refractivity contribution in [2.24, 2.45) is 10.9 Å². The summed E-state index contributed by atoms with van der Waals surface area (Å²) in [4.78, 5) is 14.7. The molecule has 0 aromatic heterocycles. The molecule has 0 saturated carbocycles. The Morgan fingerprint density at radius 3 is 2.50 bits per heavy atom. The van der Waals surface area contributed by atoms with Crippen LogP contribution in [-0.4, -0.2) is 11.8 Å². The Bertz CT molecular complexity index is 326. The molecular weight excluding hydrogens is 194 g/mol. The van der Waals surface area contributed by atoms with Crippen molar-refractivity contribution in [2.45, 2.75) is 18.7 Å². The summed E-state index contributed by atoms with van der Waals surface area (Å²) in [6, 6.07) is 7.60. The van der Waals surface area contributed by atoms with Crippen molar-refractivity contribution < 1.29 is 4.79 Å². The minimum atomic E-state index is 0.661. The maximum atomic E-state index is 9.98. The van der Waals surface area contributed by atoms with Gasteiger partial charge in [-0.3, -0.25) is 0 Å². The number of aliphatic imine (C=N–C) groups is 1. The fraction of sp³-hybridized carbons (Fsp3) is 0.364. The van der Waals surface area contributed by atoms with Crippen LogP contribution < -0.4 is 0 Å². The van der Waals surface area contributed by atoms with Crippen LogP contribution in [0.5, 0.6) is 0 Å². The van der Waals surface area contributed by atoms with Gasteiger partial charge in [-0.05, 0) is 30.2 Å². The Morgan fingerprint density at radius 2 is 2.00 bits per heavy atom. The first-order valence-electron chi connectivity index (χ1n) is 4.53. The second-order valence-corrected chi connectivity index (χ2v) is 4.50. The number of carbonyl (C=O) groups excluding carboxylic acids is 1. The van der Waals surface area contributed by atoms with Crippen LogP contribution >= 0.6 is 11.8 Å². The lowest BCUT2D eigenvalue weighted by molar-refractivity contribution is 0.565. The van der Waals surface area contributed by atoms with E-state index in [2.05, 4.69) is 18.8 Å². The van der Waals surface area contributed by atoms with Crippen LogP contribution in [0, 0.1) is 5.92 Å². The Balaban J connectivity index is 2.59. The van der Waals surface area contributed by atoms with Crippen LogP contribution in [-0.2, 0) is 4.79 Å². The summed E-state index contributed by atoms with van der Waals surface area (Å²) in [5.41, 5.74) is 0.661. The third-order valence-corrected chi connectivity index (χ3v) is 3.03. The zero-order valence-electron chi connectivity index (χ0n) is 8.36. The second kappa shape index (κ2) is 5.63. The molecule has 1 rings (SSSR count). The zero-order chi connectivity index (χ0) is 10.4. The van der Waals surface area contributed by atoms with Gasteiger partial charge in [0.15, 0.2) is 0 Å². The molecule has 0 unspecified atom stereocenters. The Morgan fingerprint density at radius 1 is 1.36 bits per heavy atom. The second-order valence-electron chi connectivity index (χ2n) is 3.40. The molecule has 0 atom stereocenters. The van der Waals surface area contributed by atoms with Crippen LogP contribution in [0.2, 0.25) is 0 Å². The van der Waals surface area contributed by atoms with Crippen LogP contribution in [0.15, 0.2) is 34.2 Å². The Kier molecular flexibility index (Phi) is 4.44. The van der Waals surface area contributed by atoms with Crippen LogP contribution in [0.4, 0.5) is 5.69 Å². The van der Waals surface area contributed by atoms with Crippen LogP contribution in [0.25, 0.3) is 0 Å². The molecule has 0 saturated heterocycles. The van der Waals surface area contributed by atoms with Gasteiger partial charge in [-0.15, -0.1) is 11.8 Å². The third kappa shape index (κ3) is 3.77. The van der Waals surface area contributed by atoms with E-state index in [1.807, 2.05) is 36.0 Å². The van der Waals surface area contributed by atoms with E-state index in [0.29, 0.717) is 11.6 Å². The summed E-state index contributed by atoms with van der Waals surface area (Å²) >= 11 is 1.82. The fourth-order valence-corrected chi connectivity index (χ4v) is 1.79. The normalized spacial score (nSPS) is 9.93. The molecule has 0 N–H and O–H groups in total. The van der Waals surface area contributed by atoms with E-state index in [1.165, 1.54) is 11.0 Å². The van der Waals surface area contributed by atoms with Crippen molar-refractivity contribution in [3.05, 3.63) is 24.3 Å². The smallest absolute Gasteiger partial charge is 0.211 e. The van der Waals surface area contributed by atoms with Gasteiger partial charge in [-0.1, -0.05) is 13.8 Å². The standard InChI is InChI=1S/C11H13NOS/c1-9(2)7-14-11-5-3-10(4-6-11)12-8-13/h3-6,9H,7H2,1-2H3. The molecule has 1 aromatic carbocycles. The minimum Gasteiger partial charge on any atom is -0.211 e. The maximum absolute atomic E-state index is 9.98. The summed E-state index contributed by atoms with van der Waals surface area (Å²) in [6.45, 7) is 4.39. The van der Waals surface area contributed by atoms with Gasteiger partial charge < -0.3 is 0 Å². The van der Waals surface area contributed by atoms with Gasteiger partial charge in [0.25, 0.3) is 0 Å². The molecule has 0 aliphatic heterocycles. The van der Waals surface area contributed by atoms with Gasteiger partial charge in [0.05, 0.1) is 5.69 Å². The fourth-order valence-electron chi connectivity index (χ4n) is 0.932. The summed E-state index contributed by atoms with van der Waals surface area (Å²) in [5.74, 6) is 1.80. The summed E-state index contributed by atoms with van der Waals surface area (Å²) in [7, 11) is 0. The molecule has 0 spiro atoms. The quantitative estimate of drug-likeness (QED) is 0.430. The van der Waals surface area contributed by atoms with E-state index in [9.17, 15) is 4.79 Å². The number of isocyanates is 1. The van der Waals surface area contributed by atoms with Crippen molar-refractivity contribution >= 4 is 23.5 Å². The maximum Gasteiger partial charge on any atom is 0.240 e. The lowest BCUT2D eigenvalue weighted by Crippen LogP contribution is -1.89. The van der Waals surface area contributed by atoms with Crippen LogP contribution in [0.1, 0.15) is 13.8 Å². The lowest BCUT2D eigenvalue weighted by atomic mass is 10.3. The molecule has 2 nitrogen and oxygen atoms in total. The van der Waals surface area contributed by atoms with Gasteiger partial charge in [-0.25, -0.2) is 4.79 Å². The first-order chi connectivity index (χ1) is 6.72. The number of nitrogens with zero attached hydrogens (tertiary/aromatic N) is 1. The Hall–Kier alpha value is -1.05. The molecule has 14 heavy (non-hydrogen) atoms. The molecule has 0 bridgehead atoms. The molecule has 0 radical (unpaired) electrons. The topological polar surface area (TPSA) is 29.4 Å². The van der Waals surface area contributed by atoms with E-state index in [1.54, 1.807) is 0 Å². The molecule has 0 amide bonds. The summed E-state index contributed by atoms with van der Waals surface area (Å²) in [6.07, 6.45) is 1.52. The highest BCUT2D eigenvalue weighted by atomic mass is 32.2. The average molecular weight is 207 g/mol. The number of rotatable bonds is 4. The molecule has 74 valence electrons. The van der Waals surface area contributed by atoms with E-state index in [4.69, 9.17) is 0 Å². The van der Waals surface area contributed by atoms with E-state index >= 15 is 0 Å².